The highest BCUT2D eigenvalue weighted by atomic mass is 16.5. The van der Waals surface area contributed by atoms with E-state index in [0.717, 1.165) is 61.1 Å². The van der Waals surface area contributed by atoms with Crippen LogP contribution < -0.4 is 15.4 Å². The molecule has 0 radical (unpaired) electrons. The lowest BCUT2D eigenvalue weighted by molar-refractivity contribution is 0.195. The first-order valence-electron chi connectivity index (χ1n) is 8.51. The van der Waals surface area contributed by atoms with Crippen molar-refractivity contribution >= 4 is 5.84 Å². The van der Waals surface area contributed by atoms with Crippen molar-refractivity contribution in [3.63, 3.8) is 0 Å². The Labute approximate surface area is 147 Å². The summed E-state index contributed by atoms with van der Waals surface area (Å²) in [5, 5.41) is 14.4. The maximum Gasteiger partial charge on any atom is 0.118 e. The predicted molar refractivity (Wildman–Crippen MR) is 98.1 cm³/mol. The van der Waals surface area contributed by atoms with Crippen molar-refractivity contribution in [3.05, 3.63) is 36.0 Å². The van der Waals surface area contributed by atoms with Gasteiger partial charge < -0.3 is 20.1 Å². The highest BCUT2D eigenvalue weighted by Gasteiger charge is 2.25. The van der Waals surface area contributed by atoms with Gasteiger partial charge in [-0.3, -0.25) is 10.1 Å². The monoisotopic (exact) mass is 343 g/mol. The molecule has 0 saturated heterocycles. The third-order valence-electron chi connectivity index (χ3n) is 4.21. The van der Waals surface area contributed by atoms with Crippen LogP contribution in [-0.4, -0.2) is 56.5 Å². The Bertz CT molecular complexity index is 696. The summed E-state index contributed by atoms with van der Waals surface area (Å²) in [7, 11) is 3.38. The molecule has 2 aromatic rings. The molecule has 2 heterocycles. The van der Waals surface area contributed by atoms with E-state index >= 15 is 0 Å². The summed E-state index contributed by atoms with van der Waals surface area (Å²) >= 11 is 0. The minimum Gasteiger partial charge on any atom is -0.497 e. The second-order valence-electron chi connectivity index (χ2n) is 5.86. The molecule has 0 aliphatic carbocycles. The van der Waals surface area contributed by atoms with Gasteiger partial charge in [0.25, 0.3) is 0 Å². The molecule has 1 aromatic heterocycles. The smallest absolute Gasteiger partial charge is 0.118 e. The van der Waals surface area contributed by atoms with Crippen LogP contribution in [0.3, 0.4) is 0 Å². The summed E-state index contributed by atoms with van der Waals surface area (Å²) in [4.78, 5) is 4.67. The standard InChI is InChI=1S/C18H25N5O2/c1-24-11-3-8-20-18-17(19-9-10-21-18)15-12-22-23-16(15)13-4-6-14(25-2)7-5-13/h4-7,12,17,19H,3,8-11H2,1-2H3,(H,20,21)(H,22,23). The normalized spacial score (nSPS) is 17.2. The van der Waals surface area contributed by atoms with Gasteiger partial charge in [0.2, 0.25) is 0 Å². The van der Waals surface area contributed by atoms with Crippen LogP contribution in [-0.2, 0) is 4.74 Å². The molecule has 1 aromatic carbocycles. The van der Waals surface area contributed by atoms with Crippen molar-refractivity contribution in [2.45, 2.75) is 12.5 Å². The quantitative estimate of drug-likeness (QED) is 0.667. The van der Waals surface area contributed by atoms with E-state index in [0.29, 0.717) is 0 Å². The van der Waals surface area contributed by atoms with Crippen LogP contribution in [0.25, 0.3) is 11.3 Å². The third kappa shape index (κ3) is 4.18. The highest BCUT2D eigenvalue weighted by molar-refractivity contribution is 5.90. The fraction of sp³-hybridized carbons (Fsp3) is 0.444. The molecule has 1 aliphatic heterocycles. The number of aliphatic imine (C=N–C) groups is 1. The topological polar surface area (TPSA) is 83.6 Å². The second-order valence-corrected chi connectivity index (χ2v) is 5.86. The van der Waals surface area contributed by atoms with Crippen molar-refractivity contribution < 1.29 is 9.47 Å². The molecule has 134 valence electrons. The maximum absolute atomic E-state index is 5.24. The summed E-state index contributed by atoms with van der Waals surface area (Å²) in [5.41, 5.74) is 3.15. The van der Waals surface area contributed by atoms with Gasteiger partial charge in [-0.15, -0.1) is 0 Å². The number of aromatic nitrogens is 2. The number of ether oxygens (including phenoxy) is 2. The number of nitrogens with one attached hydrogen (secondary N) is 3. The summed E-state index contributed by atoms with van der Waals surface area (Å²) in [5.74, 6) is 1.79. The number of hydrogen-bond donors (Lipinski definition) is 3. The zero-order valence-corrected chi connectivity index (χ0v) is 14.7. The van der Waals surface area contributed by atoms with Crippen molar-refractivity contribution in [2.75, 3.05) is 40.5 Å². The fourth-order valence-corrected chi connectivity index (χ4v) is 2.92. The minimum atomic E-state index is 0.00662. The van der Waals surface area contributed by atoms with Crippen molar-refractivity contribution in [3.8, 4) is 17.0 Å². The Kier molecular flexibility index (Phi) is 6.03. The molecule has 3 N–H and O–H groups in total. The summed E-state index contributed by atoms with van der Waals surface area (Å²) in [6.45, 7) is 3.20. The predicted octanol–water partition coefficient (Wildman–Crippen LogP) is 1.75. The summed E-state index contributed by atoms with van der Waals surface area (Å²) in [6.07, 6.45) is 2.81. The molecule has 0 amide bonds. The van der Waals surface area contributed by atoms with Crippen molar-refractivity contribution in [2.24, 2.45) is 4.99 Å². The van der Waals surface area contributed by atoms with Gasteiger partial charge in [-0.25, -0.2) is 0 Å². The van der Waals surface area contributed by atoms with E-state index in [1.165, 1.54) is 0 Å². The lowest BCUT2D eigenvalue weighted by Crippen LogP contribution is -2.43. The molecule has 1 aliphatic rings. The van der Waals surface area contributed by atoms with Crippen LogP contribution in [0.15, 0.2) is 35.5 Å². The van der Waals surface area contributed by atoms with E-state index in [4.69, 9.17) is 9.47 Å². The van der Waals surface area contributed by atoms with Gasteiger partial charge in [0, 0.05) is 37.9 Å². The molecular weight excluding hydrogens is 318 g/mol. The van der Waals surface area contributed by atoms with E-state index in [-0.39, 0.29) is 6.04 Å². The number of rotatable bonds is 7. The lowest BCUT2D eigenvalue weighted by Gasteiger charge is -2.26. The number of aromatic amines is 1. The Morgan fingerprint density at radius 2 is 2.08 bits per heavy atom. The molecule has 0 fully saturated rings. The molecule has 3 rings (SSSR count). The number of nitrogens with zero attached hydrogens (tertiary/aromatic N) is 2. The number of H-pyrrole nitrogens is 1. The van der Waals surface area contributed by atoms with Gasteiger partial charge in [0.1, 0.15) is 11.6 Å². The van der Waals surface area contributed by atoms with Crippen molar-refractivity contribution in [1.29, 1.82) is 0 Å². The molecule has 7 heteroatoms. The number of hydrogen-bond acceptors (Lipinski definition) is 6. The largest absolute Gasteiger partial charge is 0.497 e. The molecule has 0 bridgehead atoms. The van der Waals surface area contributed by atoms with Gasteiger partial charge in [-0.05, 0) is 30.7 Å². The Morgan fingerprint density at radius 3 is 2.84 bits per heavy atom. The molecular formula is C18H25N5O2. The van der Waals surface area contributed by atoms with E-state index in [9.17, 15) is 0 Å². The Morgan fingerprint density at radius 1 is 1.24 bits per heavy atom. The lowest BCUT2D eigenvalue weighted by atomic mass is 10.0. The average Bonchev–Trinajstić information content (AvgIpc) is 3.15. The zero-order valence-electron chi connectivity index (χ0n) is 14.7. The van der Waals surface area contributed by atoms with Crippen LogP contribution >= 0.6 is 0 Å². The average molecular weight is 343 g/mol. The molecule has 25 heavy (non-hydrogen) atoms. The number of amidine groups is 1. The highest BCUT2D eigenvalue weighted by Crippen LogP contribution is 2.28. The van der Waals surface area contributed by atoms with Crippen LogP contribution in [0.2, 0.25) is 0 Å². The molecule has 0 saturated carbocycles. The van der Waals surface area contributed by atoms with Crippen LogP contribution in [0.4, 0.5) is 0 Å². The zero-order chi connectivity index (χ0) is 17.5. The van der Waals surface area contributed by atoms with Gasteiger partial charge in [-0.1, -0.05) is 0 Å². The van der Waals surface area contributed by atoms with E-state index in [1.54, 1.807) is 14.2 Å². The third-order valence-corrected chi connectivity index (χ3v) is 4.21. The summed E-state index contributed by atoms with van der Waals surface area (Å²) < 4.78 is 10.3. The minimum absolute atomic E-state index is 0.00662. The maximum atomic E-state index is 5.24. The van der Waals surface area contributed by atoms with Crippen molar-refractivity contribution in [1.82, 2.24) is 20.8 Å². The number of benzene rings is 1. The second kappa shape index (κ2) is 8.64. The first kappa shape index (κ1) is 17.4. The van der Waals surface area contributed by atoms with E-state index in [2.05, 4.69) is 25.8 Å². The van der Waals surface area contributed by atoms with E-state index in [1.807, 2.05) is 30.5 Å². The summed E-state index contributed by atoms with van der Waals surface area (Å²) in [6, 6.07) is 7.97. The van der Waals surface area contributed by atoms with Gasteiger partial charge >= 0.3 is 0 Å². The molecule has 0 spiro atoms. The van der Waals surface area contributed by atoms with Gasteiger partial charge in [0.05, 0.1) is 31.6 Å². The van der Waals surface area contributed by atoms with Crippen LogP contribution in [0, 0.1) is 0 Å². The molecule has 7 nitrogen and oxygen atoms in total. The molecule has 1 atom stereocenters. The number of methoxy groups -OCH3 is 2. The van der Waals surface area contributed by atoms with Gasteiger partial charge in [-0.2, -0.15) is 5.10 Å². The Hall–Kier alpha value is -2.38. The SMILES string of the molecule is COCCCNC1=NCCNC1c1cn[nH]c1-c1ccc(OC)cc1. The molecule has 1 unspecified atom stereocenters. The Balaban J connectivity index is 1.79. The fourth-order valence-electron chi connectivity index (χ4n) is 2.92. The van der Waals surface area contributed by atoms with Crippen LogP contribution in [0.5, 0.6) is 5.75 Å². The first-order chi connectivity index (χ1) is 12.3. The van der Waals surface area contributed by atoms with Crippen LogP contribution in [0.1, 0.15) is 18.0 Å². The van der Waals surface area contributed by atoms with E-state index < -0.39 is 0 Å². The first-order valence-corrected chi connectivity index (χ1v) is 8.51. The van der Waals surface area contributed by atoms with Gasteiger partial charge in [0.15, 0.2) is 0 Å².